The van der Waals surface area contributed by atoms with Gasteiger partial charge in [0, 0.05) is 24.0 Å². The first-order valence-corrected chi connectivity index (χ1v) is 9.03. The number of nitrogens with one attached hydrogen (secondary N) is 2. The second-order valence-corrected chi connectivity index (χ2v) is 7.20. The lowest BCUT2D eigenvalue weighted by atomic mass is 10.1. The predicted molar refractivity (Wildman–Crippen MR) is 93.0 cm³/mol. The number of carbonyl (C=O) groups excluding carboxylic acids is 1. The molecule has 24 heavy (non-hydrogen) atoms. The third-order valence-corrected chi connectivity index (χ3v) is 5.07. The number of anilines is 1. The number of hydrogen-bond acceptors (Lipinski definition) is 7. The van der Waals surface area contributed by atoms with Crippen LogP contribution in [-0.4, -0.2) is 47.1 Å². The molecule has 0 aromatic carbocycles. The summed E-state index contributed by atoms with van der Waals surface area (Å²) in [6, 6.07) is 1.72. The zero-order valence-corrected chi connectivity index (χ0v) is 14.9. The largest absolute Gasteiger partial charge is 0.360 e. The Balaban J connectivity index is 1.61. The second kappa shape index (κ2) is 7.87. The van der Waals surface area contributed by atoms with Crippen molar-refractivity contribution in [3.63, 3.8) is 0 Å². The number of aryl methyl sites for hydroxylation is 2. The molecule has 1 aliphatic rings. The smallest absolute Gasteiger partial charge is 0.239 e. The van der Waals surface area contributed by atoms with Gasteiger partial charge in [0.2, 0.25) is 5.91 Å². The summed E-state index contributed by atoms with van der Waals surface area (Å²) in [5.74, 6) is 1.66. The molecule has 1 amide bonds. The number of nitrogens with zero attached hydrogens (tertiary/aromatic N) is 3. The van der Waals surface area contributed by atoms with Gasteiger partial charge in [-0.05, 0) is 39.3 Å². The van der Waals surface area contributed by atoms with E-state index < -0.39 is 0 Å². The Morgan fingerprint density at radius 1 is 1.54 bits per heavy atom. The van der Waals surface area contributed by atoms with Crippen LogP contribution in [0.25, 0.3) is 0 Å². The van der Waals surface area contributed by atoms with Crippen molar-refractivity contribution in [3.8, 4) is 0 Å². The van der Waals surface area contributed by atoms with Crippen LogP contribution in [0.1, 0.15) is 22.8 Å². The molecule has 0 spiro atoms. The topological polar surface area (TPSA) is 83.3 Å². The lowest BCUT2D eigenvalue weighted by molar-refractivity contribution is -0.117. The normalized spacial score (nSPS) is 17.5. The van der Waals surface area contributed by atoms with Gasteiger partial charge in [0.15, 0.2) is 5.82 Å². The van der Waals surface area contributed by atoms with Crippen LogP contribution < -0.4 is 10.6 Å². The van der Waals surface area contributed by atoms with E-state index in [2.05, 4.69) is 25.7 Å². The maximum Gasteiger partial charge on any atom is 0.239 e. The van der Waals surface area contributed by atoms with Gasteiger partial charge < -0.3 is 15.2 Å². The highest BCUT2D eigenvalue weighted by Gasteiger charge is 2.21. The van der Waals surface area contributed by atoms with Crippen molar-refractivity contribution in [3.05, 3.63) is 27.9 Å². The summed E-state index contributed by atoms with van der Waals surface area (Å²) in [5, 5.41) is 10.00. The molecule has 1 fully saturated rings. The Hall–Kier alpha value is -1.77. The number of rotatable bonds is 7. The summed E-state index contributed by atoms with van der Waals surface area (Å²) in [4.78, 5) is 20.1. The Morgan fingerprint density at radius 2 is 2.42 bits per heavy atom. The van der Waals surface area contributed by atoms with Crippen molar-refractivity contribution >= 4 is 23.1 Å². The molecule has 0 bridgehead atoms. The average Bonchev–Trinajstić information content (AvgIpc) is 3.25. The summed E-state index contributed by atoms with van der Waals surface area (Å²) in [5.41, 5.74) is 2.90. The highest BCUT2D eigenvalue weighted by molar-refractivity contribution is 7.09. The van der Waals surface area contributed by atoms with Crippen molar-refractivity contribution in [2.45, 2.75) is 26.8 Å². The third kappa shape index (κ3) is 4.62. The number of hydrogen-bond donors (Lipinski definition) is 2. The quantitative estimate of drug-likeness (QED) is 0.793. The molecular formula is C16H23N5O2S. The first-order chi connectivity index (χ1) is 11.6. The average molecular weight is 349 g/mol. The van der Waals surface area contributed by atoms with Gasteiger partial charge in [-0.15, -0.1) is 11.3 Å². The van der Waals surface area contributed by atoms with Crippen LogP contribution in [-0.2, 0) is 11.3 Å². The van der Waals surface area contributed by atoms with Gasteiger partial charge in [-0.1, -0.05) is 5.16 Å². The molecule has 1 atom stereocenters. The highest BCUT2D eigenvalue weighted by Crippen LogP contribution is 2.18. The second-order valence-electron chi connectivity index (χ2n) is 6.26. The molecule has 2 aromatic rings. The lowest BCUT2D eigenvalue weighted by Gasteiger charge is -2.24. The van der Waals surface area contributed by atoms with E-state index in [-0.39, 0.29) is 5.91 Å². The van der Waals surface area contributed by atoms with E-state index in [0.717, 1.165) is 38.3 Å². The highest BCUT2D eigenvalue weighted by atomic mass is 32.1. The molecule has 1 unspecified atom stereocenters. The van der Waals surface area contributed by atoms with Crippen molar-refractivity contribution in [1.29, 1.82) is 0 Å². The van der Waals surface area contributed by atoms with Crippen LogP contribution in [0.3, 0.4) is 0 Å². The molecule has 1 saturated heterocycles. The summed E-state index contributed by atoms with van der Waals surface area (Å²) in [7, 11) is 0. The number of amides is 1. The lowest BCUT2D eigenvalue weighted by Crippen LogP contribution is -2.36. The van der Waals surface area contributed by atoms with Crippen molar-refractivity contribution in [2.75, 3.05) is 31.5 Å². The molecule has 8 heteroatoms. The zero-order chi connectivity index (χ0) is 16.9. The summed E-state index contributed by atoms with van der Waals surface area (Å²) >= 11 is 1.64. The van der Waals surface area contributed by atoms with E-state index >= 15 is 0 Å². The fourth-order valence-electron chi connectivity index (χ4n) is 2.91. The minimum Gasteiger partial charge on any atom is -0.360 e. The van der Waals surface area contributed by atoms with E-state index in [0.29, 0.717) is 24.0 Å². The summed E-state index contributed by atoms with van der Waals surface area (Å²) in [6.07, 6.45) is 1.16. The molecule has 3 heterocycles. The van der Waals surface area contributed by atoms with E-state index in [9.17, 15) is 4.79 Å². The first kappa shape index (κ1) is 17.1. The van der Waals surface area contributed by atoms with Crippen molar-refractivity contribution < 1.29 is 9.32 Å². The maximum atomic E-state index is 12.4. The van der Waals surface area contributed by atoms with Crippen LogP contribution >= 0.6 is 11.3 Å². The van der Waals surface area contributed by atoms with Crippen LogP contribution in [0, 0.1) is 19.8 Å². The monoisotopic (exact) mass is 349 g/mol. The number of thiazole rings is 1. The Labute approximate surface area is 145 Å². The van der Waals surface area contributed by atoms with Gasteiger partial charge in [0.25, 0.3) is 0 Å². The zero-order valence-electron chi connectivity index (χ0n) is 14.0. The molecule has 2 N–H and O–H groups in total. The Morgan fingerprint density at radius 3 is 3.04 bits per heavy atom. The predicted octanol–water partition coefficient (Wildman–Crippen LogP) is 1.80. The molecule has 3 rings (SSSR count). The van der Waals surface area contributed by atoms with Crippen LogP contribution in [0.5, 0.6) is 0 Å². The number of carbonyl (C=O) groups is 1. The fraction of sp³-hybridized carbons (Fsp3) is 0.562. The number of aromatic nitrogens is 2. The molecular weight excluding hydrogens is 326 g/mol. The van der Waals surface area contributed by atoms with Gasteiger partial charge in [0.1, 0.15) is 5.76 Å². The standard InChI is InChI=1S/C16H23N5O2S/c1-11-5-15(20-23-11)19-16(22)9-21(7-13-3-4-17-6-13)8-14-12(2)18-10-24-14/h5,10,13,17H,3-4,6-9H2,1-2H3,(H,19,20,22). The first-order valence-electron chi connectivity index (χ1n) is 8.15. The molecule has 0 aliphatic carbocycles. The molecule has 7 nitrogen and oxygen atoms in total. The van der Waals surface area contributed by atoms with Crippen LogP contribution in [0.4, 0.5) is 5.82 Å². The van der Waals surface area contributed by atoms with Crippen LogP contribution in [0.2, 0.25) is 0 Å². The van der Waals surface area contributed by atoms with Gasteiger partial charge in [-0.2, -0.15) is 0 Å². The van der Waals surface area contributed by atoms with Crippen molar-refractivity contribution in [2.24, 2.45) is 5.92 Å². The van der Waals surface area contributed by atoms with E-state index in [1.807, 2.05) is 12.4 Å². The Kier molecular flexibility index (Phi) is 5.60. The van der Waals surface area contributed by atoms with Gasteiger partial charge in [-0.25, -0.2) is 4.98 Å². The molecule has 0 radical (unpaired) electrons. The molecule has 2 aromatic heterocycles. The van der Waals surface area contributed by atoms with E-state index in [4.69, 9.17) is 4.52 Å². The minimum atomic E-state index is -0.0728. The van der Waals surface area contributed by atoms with Gasteiger partial charge >= 0.3 is 0 Å². The third-order valence-electron chi connectivity index (χ3n) is 4.15. The van der Waals surface area contributed by atoms with E-state index in [1.165, 1.54) is 4.88 Å². The van der Waals surface area contributed by atoms with Crippen LogP contribution in [0.15, 0.2) is 16.1 Å². The Bertz CT molecular complexity index is 678. The SMILES string of the molecule is Cc1cc(NC(=O)CN(Cc2scnc2C)CC2CCNC2)no1. The van der Waals surface area contributed by atoms with E-state index in [1.54, 1.807) is 24.3 Å². The molecule has 130 valence electrons. The molecule has 0 saturated carbocycles. The fourth-order valence-corrected chi connectivity index (χ4v) is 3.73. The van der Waals surface area contributed by atoms with Gasteiger partial charge in [-0.3, -0.25) is 9.69 Å². The summed E-state index contributed by atoms with van der Waals surface area (Å²) < 4.78 is 4.99. The van der Waals surface area contributed by atoms with Crippen molar-refractivity contribution in [1.82, 2.24) is 20.4 Å². The minimum absolute atomic E-state index is 0.0728. The van der Waals surface area contributed by atoms with Gasteiger partial charge in [0.05, 0.1) is 17.7 Å². The molecule has 1 aliphatic heterocycles. The summed E-state index contributed by atoms with van der Waals surface area (Å²) in [6.45, 7) is 7.87. The maximum absolute atomic E-state index is 12.4.